The first kappa shape index (κ1) is 14.0. The molecule has 0 fully saturated rings. The number of hydrogen-bond acceptors (Lipinski definition) is 4. The van der Waals surface area contributed by atoms with Gasteiger partial charge in [0.1, 0.15) is 5.75 Å². The summed E-state index contributed by atoms with van der Waals surface area (Å²) >= 11 is 0. The number of pyridine rings is 1. The lowest BCUT2D eigenvalue weighted by Gasteiger charge is -2.22. The highest BCUT2D eigenvalue weighted by Crippen LogP contribution is 2.17. The molecule has 1 aromatic heterocycles. The fourth-order valence-electron chi connectivity index (χ4n) is 1.95. The molecule has 104 valence electrons. The Morgan fingerprint density at radius 2 is 2.00 bits per heavy atom. The number of carbonyl (C=O) groups excluding carboxylic acids is 1. The highest BCUT2D eigenvalue weighted by molar-refractivity contribution is 5.96. The molecule has 0 unspecified atom stereocenters. The third kappa shape index (κ3) is 3.33. The lowest BCUT2D eigenvalue weighted by Crippen LogP contribution is -2.34. The van der Waals surface area contributed by atoms with Gasteiger partial charge in [-0.1, -0.05) is 30.3 Å². The van der Waals surface area contributed by atoms with Gasteiger partial charge in [-0.3, -0.25) is 9.78 Å². The van der Waals surface area contributed by atoms with Gasteiger partial charge in [0.15, 0.2) is 0 Å². The molecule has 0 radical (unpaired) electrons. The highest BCUT2D eigenvalue weighted by atomic mass is 16.3. The van der Waals surface area contributed by atoms with Crippen molar-refractivity contribution in [1.29, 1.82) is 0 Å². The minimum atomic E-state index is -0.251. The number of amides is 1. The van der Waals surface area contributed by atoms with Crippen LogP contribution in [0.15, 0.2) is 48.8 Å². The summed E-state index contributed by atoms with van der Waals surface area (Å²) in [4.78, 5) is 17.8. The van der Waals surface area contributed by atoms with Crippen LogP contribution >= 0.6 is 0 Å². The molecule has 1 aromatic carbocycles. The Bertz CT molecular complexity index is 572. The van der Waals surface area contributed by atoms with Crippen molar-refractivity contribution in [2.75, 3.05) is 13.1 Å². The maximum Gasteiger partial charge on any atom is 0.258 e. The molecule has 3 N–H and O–H groups in total. The summed E-state index contributed by atoms with van der Waals surface area (Å²) in [6, 6.07) is 11.2. The predicted octanol–water partition coefficient (Wildman–Crippen LogP) is 1.39. The van der Waals surface area contributed by atoms with E-state index in [1.54, 1.807) is 4.90 Å². The number of aromatic nitrogens is 1. The molecule has 5 heteroatoms. The van der Waals surface area contributed by atoms with Gasteiger partial charge in [-0.15, -0.1) is 0 Å². The van der Waals surface area contributed by atoms with E-state index in [-0.39, 0.29) is 17.2 Å². The van der Waals surface area contributed by atoms with Crippen molar-refractivity contribution in [3.05, 3.63) is 59.9 Å². The van der Waals surface area contributed by atoms with Crippen LogP contribution in [0, 0.1) is 0 Å². The van der Waals surface area contributed by atoms with Crippen LogP contribution in [0.5, 0.6) is 5.75 Å². The Morgan fingerprint density at radius 3 is 2.65 bits per heavy atom. The summed E-state index contributed by atoms with van der Waals surface area (Å²) < 4.78 is 0. The first-order valence-corrected chi connectivity index (χ1v) is 6.38. The van der Waals surface area contributed by atoms with Crippen molar-refractivity contribution in [2.45, 2.75) is 6.54 Å². The molecule has 0 aliphatic rings. The SMILES string of the molecule is NCCN(Cc1ccccc1)C(=O)c1ccncc1O. The van der Waals surface area contributed by atoms with Crippen LogP contribution in [0.1, 0.15) is 15.9 Å². The van der Waals surface area contributed by atoms with E-state index in [1.165, 1.54) is 18.5 Å². The molecule has 20 heavy (non-hydrogen) atoms. The van der Waals surface area contributed by atoms with Gasteiger partial charge in [0.25, 0.3) is 5.91 Å². The Morgan fingerprint density at radius 1 is 1.25 bits per heavy atom. The number of benzene rings is 1. The molecule has 0 atom stereocenters. The lowest BCUT2D eigenvalue weighted by molar-refractivity contribution is 0.0745. The molecular formula is C15H17N3O2. The van der Waals surface area contributed by atoms with E-state index in [9.17, 15) is 9.90 Å². The van der Waals surface area contributed by atoms with E-state index in [4.69, 9.17) is 5.73 Å². The van der Waals surface area contributed by atoms with Gasteiger partial charge in [-0.05, 0) is 11.6 Å². The maximum atomic E-state index is 12.4. The zero-order valence-corrected chi connectivity index (χ0v) is 11.1. The van der Waals surface area contributed by atoms with E-state index in [0.717, 1.165) is 5.56 Å². The maximum absolute atomic E-state index is 12.4. The van der Waals surface area contributed by atoms with Crippen LogP contribution in [0.2, 0.25) is 0 Å². The molecule has 0 spiro atoms. The number of aromatic hydroxyl groups is 1. The average molecular weight is 271 g/mol. The summed E-state index contributed by atoms with van der Waals surface area (Å²) in [5.74, 6) is -0.369. The minimum Gasteiger partial charge on any atom is -0.505 e. The third-order valence-electron chi connectivity index (χ3n) is 2.93. The zero-order valence-electron chi connectivity index (χ0n) is 11.1. The van der Waals surface area contributed by atoms with Gasteiger partial charge in [-0.25, -0.2) is 0 Å². The minimum absolute atomic E-state index is 0.118. The highest BCUT2D eigenvalue weighted by Gasteiger charge is 2.18. The van der Waals surface area contributed by atoms with Crippen LogP contribution < -0.4 is 5.73 Å². The van der Waals surface area contributed by atoms with Gasteiger partial charge in [0.2, 0.25) is 0 Å². The summed E-state index contributed by atoms with van der Waals surface area (Å²) in [7, 11) is 0. The summed E-state index contributed by atoms with van der Waals surface area (Å²) in [5, 5.41) is 9.72. The van der Waals surface area contributed by atoms with Crippen LogP contribution in [0.4, 0.5) is 0 Å². The fourth-order valence-corrected chi connectivity index (χ4v) is 1.95. The topological polar surface area (TPSA) is 79.5 Å². The van der Waals surface area contributed by atoms with Gasteiger partial charge in [0.05, 0.1) is 11.8 Å². The molecule has 0 aliphatic carbocycles. The van der Waals surface area contributed by atoms with Crippen molar-refractivity contribution < 1.29 is 9.90 Å². The van der Waals surface area contributed by atoms with E-state index in [1.807, 2.05) is 30.3 Å². The van der Waals surface area contributed by atoms with Crippen molar-refractivity contribution in [2.24, 2.45) is 5.73 Å². The third-order valence-corrected chi connectivity index (χ3v) is 2.93. The molecule has 2 rings (SSSR count). The molecular weight excluding hydrogens is 254 g/mol. The molecule has 0 aliphatic heterocycles. The van der Waals surface area contributed by atoms with E-state index in [0.29, 0.717) is 19.6 Å². The quantitative estimate of drug-likeness (QED) is 0.861. The standard InChI is InChI=1S/C15H17N3O2/c16-7-9-18(11-12-4-2-1-3-5-12)15(20)13-6-8-17-10-14(13)19/h1-6,8,10,19H,7,9,11,16H2. The van der Waals surface area contributed by atoms with Gasteiger partial charge in [0, 0.05) is 25.8 Å². The first-order chi connectivity index (χ1) is 9.72. The van der Waals surface area contributed by atoms with E-state index in [2.05, 4.69) is 4.98 Å². The first-order valence-electron chi connectivity index (χ1n) is 6.38. The van der Waals surface area contributed by atoms with Gasteiger partial charge in [-0.2, -0.15) is 0 Å². The number of nitrogens with two attached hydrogens (primary N) is 1. The van der Waals surface area contributed by atoms with E-state index >= 15 is 0 Å². The predicted molar refractivity (Wildman–Crippen MR) is 76.1 cm³/mol. The smallest absolute Gasteiger partial charge is 0.258 e. The second-order valence-electron chi connectivity index (χ2n) is 4.39. The summed E-state index contributed by atoms with van der Waals surface area (Å²) in [6.45, 7) is 1.25. The molecule has 0 saturated heterocycles. The summed E-state index contributed by atoms with van der Waals surface area (Å²) in [6.07, 6.45) is 2.74. The molecule has 1 heterocycles. The molecule has 5 nitrogen and oxygen atoms in total. The Balaban J connectivity index is 2.20. The molecule has 0 bridgehead atoms. The van der Waals surface area contributed by atoms with Crippen molar-refractivity contribution in [3.63, 3.8) is 0 Å². The summed E-state index contributed by atoms with van der Waals surface area (Å²) in [5.41, 5.74) is 6.82. The monoisotopic (exact) mass is 271 g/mol. The number of carbonyl (C=O) groups is 1. The van der Waals surface area contributed by atoms with Crippen LogP contribution in [-0.4, -0.2) is 34.0 Å². The van der Waals surface area contributed by atoms with Crippen LogP contribution in [-0.2, 0) is 6.54 Å². The van der Waals surface area contributed by atoms with Crippen LogP contribution in [0.25, 0.3) is 0 Å². The molecule has 0 saturated carbocycles. The molecule has 1 amide bonds. The largest absolute Gasteiger partial charge is 0.505 e. The zero-order chi connectivity index (χ0) is 14.4. The Kier molecular flexibility index (Phi) is 4.68. The van der Waals surface area contributed by atoms with E-state index < -0.39 is 0 Å². The normalized spacial score (nSPS) is 10.2. The van der Waals surface area contributed by atoms with Crippen LogP contribution in [0.3, 0.4) is 0 Å². The second kappa shape index (κ2) is 6.68. The van der Waals surface area contributed by atoms with Crippen molar-refractivity contribution in [1.82, 2.24) is 9.88 Å². The number of nitrogens with zero attached hydrogens (tertiary/aromatic N) is 2. The Hall–Kier alpha value is -2.40. The number of hydrogen-bond donors (Lipinski definition) is 2. The fraction of sp³-hybridized carbons (Fsp3) is 0.200. The number of rotatable bonds is 5. The van der Waals surface area contributed by atoms with Gasteiger partial charge < -0.3 is 15.7 Å². The lowest BCUT2D eigenvalue weighted by atomic mass is 10.1. The van der Waals surface area contributed by atoms with Crippen molar-refractivity contribution in [3.8, 4) is 5.75 Å². The van der Waals surface area contributed by atoms with Crippen molar-refractivity contribution >= 4 is 5.91 Å². The Labute approximate surface area is 117 Å². The second-order valence-corrected chi connectivity index (χ2v) is 4.39. The average Bonchev–Trinajstić information content (AvgIpc) is 2.48. The van der Waals surface area contributed by atoms with Gasteiger partial charge >= 0.3 is 0 Å². The molecule has 2 aromatic rings.